The summed E-state index contributed by atoms with van der Waals surface area (Å²) < 4.78 is 16.3. The molecule has 0 aromatic heterocycles. The van der Waals surface area contributed by atoms with Crippen LogP contribution in [0.3, 0.4) is 0 Å². The Morgan fingerprint density at radius 3 is 2.64 bits per heavy atom. The standard InChI is InChI=1S/C18H22N2O5/c1-3-24-18-8-7-15(20(21)22)11-14(18)13-19-9-10-25-17-6-4-5-16(12-17)23-2/h4-8,11-12,19H,3,9-10,13H2,1-2H3. The molecule has 7 nitrogen and oxygen atoms in total. The summed E-state index contributed by atoms with van der Waals surface area (Å²) in [5, 5.41) is 14.1. The molecule has 0 unspecified atom stereocenters. The molecule has 0 amide bonds. The fraction of sp³-hybridized carbons (Fsp3) is 0.333. The van der Waals surface area contributed by atoms with E-state index in [1.807, 2.05) is 31.2 Å². The maximum Gasteiger partial charge on any atom is 0.270 e. The minimum atomic E-state index is -0.412. The highest BCUT2D eigenvalue weighted by atomic mass is 16.6. The van der Waals surface area contributed by atoms with Gasteiger partial charge in [-0.3, -0.25) is 10.1 Å². The Bertz CT molecular complexity index is 706. The van der Waals surface area contributed by atoms with Crippen molar-refractivity contribution in [2.45, 2.75) is 13.5 Å². The van der Waals surface area contributed by atoms with Crippen LogP contribution in [0.2, 0.25) is 0 Å². The van der Waals surface area contributed by atoms with E-state index >= 15 is 0 Å². The van der Waals surface area contributed by atoms with Gasteiger partial charge in [0.1, 0.15) is 23.9 Å². The molecule has 2 rings (SSSR count). The smallest absolute Gasteiger partial charge is 0.270 e. The average Bonchev–Trinajstić information content (AvgIpc) is 2.62. The summed E-state index contributed by atoms with van der Waals surface area (Å²) in [4.78, 5) is 10.5. The normalized spacial score (nSPS) is 10.3. The van der Waals surface area contributed by atoms with Gasteiger partial charge in [-0.25, -0.2) is 0 Å². The highest BCUT2D eigenvalue weighted by Crippen LogP contribution is 2.24. The van der Waals surface area contributed by atoms with E-state index in [4.69, 9.17) is 14.2 Å². The predicted molar refractivity (Wildman–Crippen MR) is 94.5 cm³/mol. The number of ether oxygens (including phenoxy) is 3. The van der Waals surface area contributed by atoms with Gasteiger partial charge in [-0.1, -0.05) is 6.07 Å². The Labute approximate surface area is 146 Å². The zero-order chi connectivity index (χ0) is 18.1. The van der Waals surface area contributed by atoms with Crippen molar-refractivity contribution < 1.29 is 19.1 Å². The number of nitrogens with one attached hydrogen (secondary N) is 1. The topological polar surface area (TPSA) is 82.9 Å². The molecule has 0 heterocycles. The van der Waals surface area contributed by atoms with E-state index in [1.54, 1.807) is 13.2 Å². The van der Waals surface area contributed by atoms with Crippen LogP contribution in [-0.4, -0.2) is 31.8 Å². The zero-order valence-corrected chi connectivity index (χ0v) is 14.4. The molecule has 0 atom stereocenters. The van der Waals surface area contributed by atoms with Crippen LogP contribution in [0, 0.1) is 10.1 Å². The first-order chi connectivity index (χ1) is 12.1. The van der Waals surface area contributed by atoms with Gasteiger partial charge >= 0.3 is 0 Å². The maximum atomic E-state index is 10.9. The fourth-order valence-electron chi connectivity index (χ4n) is 2.27. The Morgan fingerprint density at radius 2 is 1.92 bits per heavy atom. The first-order valence-corrected chi connectivity index (χ1v) is 8.01. The Balaban J connectivity index is 1.85. The van der Waals surface area contributed by atoms with Gasteiger partial charge in [0.15, 0.2) is 0 Å². The molecule has 0 fully saturated rings. The van der Waals surface area contributed by atoms with Gasteiger partial charge < -0.3 is 19.5 Å². The number of hydrogen-bond donors (Lipinski definition) is 1. The number of methoxy groups -OCH3 is 1. The number of nitro benzene ring substituents is 1. The summed E-state index contributed by atoms with van der Waals surface area (Å²) in [5.74, 6) is 2.12. The van der Waals surface area contributed by atoms with Crippen molar-refractivity contribution >= 4 is 5.69 Å². The molecule has 2 aromatic carbocycles. The van der Waals surface area contributed by atoms with E-state index in [9.17, 15) is 10.1 Å². The van der Waals surface area contributed by atoms with Crippen molar-refractivity contribution in [2.24, 2.45) is 0 Å². The lowest BCUT2D eigenvalue weighted by atomic mass is 10.1. The lowest BCUT2D eigenvalue weighted by molar-refractivity contribution is -0.384. The second-order valence-corrected chi connectivity index (χ2v) is 5.19. The lowest BCUT2D eigenvalue weighted by Crippen LogP contribution is -2.21. The number of rotatable bonds is 10. The van der Waals surface area contributed by atoms with Gasteiger partial charge in [-0.15, -0.1) is 0 Å². The van der Waals surface area contributed by atoms with Crippen LogP contribution in [0.25, 0.3) is 0 Å². The summed E-state index contributed by atoms with van der Waals surface area (Å²) >= 11 is 0. The van der Waals surface area contributed by atoms with Crippen LogP contribution >= 0.6 is 0 Å². The van der Waals surface area contributed by atoms with Gasteiger partial charge in [0, 0.05) is 36.9 Å². The third-order valence-electron chi connectivity index (χ3n) is 3.46. The number of non-ortho nitro benzene ring substituents is 1. The van der Waals surface area contributed by atoms with Gasteiger partial charge in [0.25, 0.3) is 5.69 Å². The van der Waals surface area contributed by atoms with E-state index in [0.717, 1.165) is 17.1 Å². The minimum Gasteiger partial charge on any atom is -0.497 e. The largest absolute Gasteiger partial charge is 0.497 e. The predicted octanol–water partition coefficient (Wildman–Crippen LogP) is 3.17. The maximum absolute atomic E-state index is 10.9. The van der Waals surface area contributed by atoms with Crippen molar-refractivity contribution in [3.8, 4) is 17.2 Å². The molecule has 2 aromatic rings. The third kappa shape index (κ3) is 5.65. The fourth-order valence-corrected chi connectivity index (χ4v) is 2.27. The minimum absolute atomic E-state index is 0.0490. The summed E-state index contributed by atoms with van der Waals surface area (Å²) in [6.45, 7) is 3.89. The number of nitrogens with zero attached hydrogens (tertiary/aromatic N) is 1. The Kier molecular flexibility index (Phi) is 7.03. The zero-order valence-electron chi connectivity index (χ0n) is 14.4. The summed E-state index contributed by atoms with van der Waals surface area (Å²) in [7, 11) is 1.61. The molecule has 0 spiro atoms. The molecule has 0 bridgehead atoms. The molecular formula is C18H22N2O5. The highest BCUT2D eigenvalue weighted by Gasteiger charge is 2.11. The quantitative estimate of drug-likeness (QED) is 0.404. The van der Waals surface area contributed by atoms with Crippen molar-refractivity contribution in [1.29, 1.82) is 0 Å². The molecule has 1 N–H and O–H groups in total. The monoisotopic (exact) mass is 346 g/mol. The number of nitro groups is 1. The second kappa shape index (κ2) is 9.48. The molecule has 0 saturated heterocycles. The van der Waals surface area contributed by atoms with Crippen LogP contribution in [0.4, 0.5) is 5.69 Å². The first-order valence-electron chi connectivity index (χ1n) is 8.01. The molecule has 0 radical (unpaired) electrons. The Hall–Kier alpha value is -2.80. The molecule has 25 heavy (non-hydrogen) atoms. The average molecular weight is 346 g/mol. The third-order valence-corrected chi connectivity index (χ3v) is 3.46. The SMILES string of the molecule is CCOc1ccc([N+](=O)[O-])cc1CNCCOc1cccc(OC)c1. The van der Waals surface area contributed by atoms with Crippen molar-refractivity contribution in [2.75, 3.05) is 26.9 Å². The molecule has 0 aliphatic carbocycles. The number of hydrogen-bond acceptors (Lipinski definition) is 6. The van der Waals surface area contributed by atoms with Crippen LogP contribution in [0.5, 0.6) is 17.2 Å². The molecule has 0 aliphatic heterocycles. The van der Waals surface area contributed by atoms with Gasteiger partial charge in [0.05, 0.1) is 18.6 Å². The van der Waals surface area contributed by atoms with Gasteiger partial charge in [-0.2, -0.15) is 0 Å². The van der Waals surface area contributed by atoms with E-state index in [2.05, 4.69) is 5.32 Å². The van der Waals surface area contributed by atoms with E-state index < -0.39 is 4.92 Å². The summed E-state index contributed by atoms with van der Waals surface area (Å²) in [5.41, 5.74) is 0.797. The molecule has 0 saturated carbocycles. The van der Waals surface area contributed by atoms with E-state index in [-0.39, 0.29) is 5.69 Å². The van der Waals surface area contributed by atoms with Crippen LogP contribution in [-0.2, 0) is 6.54 Å². The van der Waals surface area contributed by atoms with Gasteiger partial charge in [-0.05, 0) is 25.1 Å². The van der Waals surface area contributed by atoms with Crippen molar-refractivity contribution in [3.63, 3.8) is 0 Å². The van der Waals surface area contributed by atoms with Crippen molar-refractivity contribution in [3.05, 3.63) is 58.1 Å². The first kappa shape index (κ1) is 18.5. The van der Waals surface area contributed by atoms with Crippen molar-refractivity contribution in [1.82, 2.24) is 5.32 Å². The molecule has 0 aliphatic rings. The lowest BCUT2D eigenvalue weighted by Gasteiger charge is -2.12. The van der Waals surface area contributed by atoms with Crippen LogP contribution in [0.1, 0.15) is 12.5 Å². The van der Waals surface area contributed by atoms with Crippen LogP contribution < -0.4 is 19.5 Å². The second-order valence-electron chi connectivity index (χ2n) is 5.19. The van der Waals surface area contributed by atoms with Crippen LogP contribution in [0.15, 0.2) is 42.5 Å². The van der Waals surface area contributed by atoms with E-state index in [1.165, 1.54) is 12.1 Å². The highest BCUT2D eigenvalue weighted by molar-refractivity contribution is 5.43. The number of benzene rings is 2. The molecule has 134 valence electrons. The molecular weight excluding hydrogens is 324 g/mol. The van der Waals surface area contributed by atoms with Gasteiger partial charge in [0.2, 0.25) is 0 Å². The Morgan fingerprint density at radius 1 is 1.12 bits per heavy atom. The summed E-state index contributed by atoms with van der Waals surface area (Å²) in [6.07, 6.45) is 0. The van der Waals surface area contributed by atoms with E-state index in [0.29, 0.717) is 32.1 Å². The summed E-state index contributed by atoms with van der Waals surface area (Å²) in [6, 6.07) is 12.0. The molecule has 7 heteroatoms.